The molecule has 8 aromatic rings. The van der Waals surface area contributed by atoms with Crippen molar-refractivity contribution in [2.24, 2.45) is 0 Å². The van der Waals surface area contributed by atoms with E-state index in [2.05, 4.69) is 235 Å². The first-order chi connectivity index (χ1) is 27.7. The summed E-state index contributed by atoms with van der Waals surface area (Å²) in [6.45, 7) is 7.86. The van der Waals surface area contributed by atoms with E-state index in [-0.39, 0.29) is 0 Å². The molecule has 0 aromatic heterocycles. The Morgan fingerprint density at radius 2 is 0.679 bits per heavy atom. The number of benzene rings is 8. The smallest absolute Gasteiger partial charge is 0.0467 e. The maximum atomic E-state index is 3.99. The molecule has 56 heavy (non-hydrogen) atoms. The molecule has 268 valence electrons. The summed E-state index contributed by atoms with van der Waals surface area (Å²) < 4.78 is 0. The van der Waals surface area contributed by atoms with Crippen LogP contribution >= 0.6 is 0 Å². The summed E-state index contributed by atoms with van der Waals surface area (Å²) in [5.41, 5.74) is 15.7. The highest BCUT2D eigenvalue weighted by molar-refractivity contribution is 5.85. The Kier molecular flexibility index (Phi) is 10.6. The van der Waals surface area contributed by atoms with E-state index in [0.717, 1.165) is 67.5 Å². The van der Waals surface area contributed by atoms with Gasteiger partial charge in [-0.2, -0.15) is 0 Å². The molecule has 0 atom stereocenters. The number of allylic oxidation sites excluding steroid dienone is 4. The number of anilines is 6. The van der Waals surface area contributed by atoms with Crippen LogP contribution in [0, 0.1) is 0 Å². The third kappa shape index (κ3) is 7.77. The molecule has 0 radical (unpaired) electrons. The van der Waals surface area contributed by atoms with E-state index in [1.165, 1.54) is 11.1 Å². The van der Waals surface area contributed by atoms with Gasteiger partial charge in [-0.25, -0.2) is 0 Å². The zero-order valence-electron chi connectivity index (χ0n) is 31.2. The van der Waals surface area contributed by atoms with Gasteiger partial charge in [-0.1, -0.05) is 165 Å². The highest BCUT2D eigenvalue weighted by atomic mass is 15.1. The van der Waals surface area contributed by atoms with E-state index >= 15 is 0 Å². The molecular formula is C54H42N2. The van der Waals surface area contributed by atoms with Crippen molar-refractivity contribution in [1.82, 2.24) is 0 Å². The normalized spacial score (nSPS) is 11.1. The molecule has 0 aliphatic heterocycles. The number of para-hydroxylation sites is 2. The molecule has 0 fully saturated rings. The predicted molar refractivity (Wildman–Crippen MR) is 240 cm³/mol. The predicted octanol–water partition coefficient (Wildman–Crippen LogP) is 15.4. The molecule has 0 bridgehead atoms. The topological polar surface area (TPSA) is 6.48 Å². The first-order valence-corrected chi connectivity index (χ1v) is 18.9. The van der Waals surface area contributed by atoms with Gasteiger partial charge in [0, 0.05) is 34.1 Å². The van der Waals surface area contributed by atoms with Gasteiger partial charge in [-0.05, 0) is 123 Å². The Hall–Kier alpha value is -7.42. The SMILES string of the molecule is C=C/C=C(\C=C)c1ccc(N(c2ccccc2)c2cccc(-c3cccc(-c4cccc(N(c5ccccc5)c5ccc(-c6ccccc6)cc5)c4)c3)c2)cc1. The highest BCUT2D eigenvalue weighted by Crippen LogP contribution is 2.40. The molecule has 0 heterocycles. The van der Waals surface area contributed by atoms with Gasteiger partial charge in [0.15, 0.2) is 0 Å². The summed E-state index contributed by atoms with van der Waals surface area (Å²) in [4.78, 5) is 4.63. The summed E-state index contributed by atoms with van der Waals surface area (Å²) in [6, 6.07) is 75.5. The quantitative estimate of drug-likeness (QED) is 0.116. The molecule has 2 nitrogen and oxygen atoms in total. The van der Waals surface area contributed by atoms with E-state index < -0.39 is 0 Å². The van der Waals surface area contributed by atoms with Crippen LogP contribution < -0.4 is 9.80 Å². The highest BCUT2D eigenvalue weighted by Gasteiger charge is 2.16. The Morgan fingerprint density at radius 3 is 1.14 bits per heavy atom. The molecule has 2 heteroatoms. The van der Waals surface area contributed by atoms with Crippen molar-refractivity contribution >= 4 is 39.7 Å². The van der Waals surface area contributed by atoms with Crippen molar-refractivity contribution in [2.75, 3.05) is 9.80 Å². The minimum Gasteiger partial charge on any atom is -0.310 e. The summed E-state index contributed by atoms with van der Waals surface area (Å²) >= 11 is 0. The molecule has 0 spiro atoms. The lowest BCUT2D eigenvalue weighted by atomic mass is 9.98. The number of hydrogen-bond donors (Lipinski definition) is 0. The fraction of sp³-hybridized carbons (Fsp3) is 0. The molecule has 0 saturated heterocycles. The molecule has 0 unspecified atom stereocenters. The molecular weight excluding hydrogens is 677 g/mol. The number of nitrogens with zero attached hydrogens (tertiary/aromatic N) is 2. The maximum absolute atomic E-state index is 3.99. The molecule has 0 N–H and O–H groups in total. The van der Waals surface area contributed by atoms with Gasteiger partial charge >= 0.3 is 0 Å². The molecule has 8 rings (SSSR count). The van der Waals surface area contributed by atoms with Crippen LogP contribution in [0.4, 0.5) is 34.1 Å². The van der Waals surface area contributed by atoms with Crippen LogP contribution in [-0.4, -0.2) is 0 Å². The maximum Gasteiger partial charge on any atom is 0.0467 e. The fourth-order valence-corrected chi connectivity index (χ4v) is 7.22. The zero-order chi connectivity index (χ0) is 38.1. The summed E-state index contributed by atoms with van der Waals surface area (Å²) in [5, 5.41) is 0. The van der Waals surface area contributed by atoms with Gasteiger partial charge in [0.05, 0.1) is 0 Å². The first kappa shape index (κ1) is 35.6. The van der Waals surface area contributed by atoms with Crippen LogP contribution in [0.5, 0.6) is 0 Å². The largest absolute Gasteiger partial charge is 0.310 e. The number of hydrogen-bond acceptors (Lipinski definition) is 2. The fourth-order valence-electron chi connectivity index (χ4n) is 7.22. The average Bonchev–Trinajstić information content (AvgIpc) is 3.28. The van der Waals surface area contributed by atoms with Crippen molar-refractivity contribution in [2.45, 2.75) is 0 Å². The Morgan fingerprint density at radius 1 is 0.321 bits per heavy atom. The van der Waals surface area contributed by atoms with Gasteiger partial charge in [-0.3, -0.25) is 0 Å². The number of rotatable bonds is 12. The van der Waals surface area contributed by atoms with Crippen LogP contribution in [0.2, 0.25) is 0 Å². The van der Waals surface area contributed by atoms with Crippen LogP contribution in [0.15, 0.2) is 244 Å². The third-order valence-electron chi connectivity index (χ3n) is 9.98. The van der Waals surface area contributed by atoms with Crippen molar-refractivity contribution in [3.8, 4) is 33.4 Å². The minimum absolute atomic E-state index is 1.04. The second-order valence-corrected chi connectivity index (χ2v) is 13.5. The van der Waals surface area contributed by atoms with Gasteiger partial charge < -0.3 is 9.80 Å². The van der Waals surface area contributed by atoms with E-state index in [9.17, 15) is 0 Å². The van der Waals surface area contributed by atoms with Crippen LogP contribution in [0.3, 0.4) is 0 Å². The van der Waals surface area contributed by atoms with Crippen molar-refractivity contribution < 1.29 is 0 Å². The van der Waals surface area contributed by atoms with Crippen molar-refractivity contribution in [3.05, 3.63) is 249 Å². The molecule has 0 saturated carbocycles. The lowest BCUT2D eigenvalue weighted by Crippen LogP contribution is -2.10. The second-order valence-electron chi connectivity index (χ2n) is 13.5. The lowest BCUT2D eigenvalue weighted by Gasteiger charge is -2.26. The van der Waals surface area contributed by atoms with Crippen LogP contribution in [0.1, 0.15) is 5.56 Å². The lowest BCUT2D eigenvalue weighted by molar-refractivity contribution is 1.28. The van der Waals surface area contributed by atoms with Crippen molar-refractivity contribution in [1.29, 1.82) is 0 Å². The van der Waals surface area contributed by atoms with Crippen LogP contribution in [-0.2, 0) is 0 Å². The van der Waals surface area contributed by atoms with E-state index in [1.807, 2.05) is 12.2 Å². The minimum atomic E-state index is 1.04. The third-order valence-corrected chi connectivity index (χ3v) is 9.98. The van der Waals surface area contributed by atoms with E-state index in [0.29, 0.717) is 0 Å². The Balaban J connectivity index is 1.13. The second kappa shape index (κ2) is 16.7. The Bertz CT molecular complexity index is 2590. The van der Waals surface area contributed by atoms with E-state index in [1.54, 1.807) is 6.08 Å². The van der Waals surface area contributed by atoms with Gasteiger partial charge in [0.1, 0.15) is 0 Å². The molecule has 0 aliphatic rings. The first-order valence-electron chi connectivity index (χ1n) is 18.9. The van der Waals surface area contributed by atoms with Gasteiger partial charge in [-0.15, -0.1) is 0 Å². The summed E-state index contributed by atoms with van der Waals surface area (Å²) in [7, 11) is 0. The summed E-state index contributed by atoms with van der Waals surface area (Å²) in [5.74, 6) is 0. The average molecular weight is 719 g/mol. The molecule has 0 amide bonds. The Labute approximate surface area is 330 Å². The van der Waals surface area contributed by atoms with Gasteiger partial charge in [0.2, 0.25) is 0 Å². The van der Waals surface area contributed by atoms with Crippen molar-refractivity contribution in [3.63, 3.8) is 0 Å². The molecule has 8 aromatic carbocycles. The zero-order valence-corrected chi connectivity index (χ0v) is 31.2. The van der Waals surface area contributed by atoms with Gasteiger partial charge in [0.25, 0.3) is 0 Å². The van der Waals surface area contributed by atoms with Crippen LogP contribution in [0.25, 0.3) is 39.0 Å². The standard InChI is InChI=1S/C54H42N2/c1-3-17-41(4-2)43-30-34-51(35-31-43)55(49-24-10-6-11-25-49)53-28-15-22-47(39-53)45-20-14-21-46(38-45)48-23-16-29-54(40-48)56(50-26-12-7-13-27-50)52-36-32-44(33-37-52)42-18-8-5-9-19-42/h3-40H,1-2H2/b41-17+. The monoisotopic (exact) mass is 718 g/mol. The molecule has 0 aliphatic carbocycles. The summed E-state index contributed by atoms with van der Waals surface area (Å²) in [6.07, 6.45) is 5.64. The van der Waals surface area contributed by atoms with E-state index in [4.69, 9.17) is 0 Å².